The Morgan fingerprint density at radius 3 is 2.33 bits per heavy atom. The molecule has 8 nitrogen and oxygen atoms in total. The number of nitrogens with one attached hydrogen (secondary N) is 1. The van der Waals surface area contributed by atoms with Gasteiger partial charge in [0.05, 0.1) is 40.8 Å². The lowest BCUT2D eigenvalue weighted by atomic mass is 9.68. The number of ketones is 2. The Morgan fingerprint density at radius 1 is 0.907 bits per heavy atom. The predicted octanol–water partition coefficient (Wildman–Crippen LogP) is 6.72. The summed E-state index contributed by atoms with van der Waals surface area (Å²) in [6.07, 6.45) is 5.82. The number of rotatable bonds is 8. The van der Waals surface area contributed by atoms with Crippen molar-refractivity contribution in [2.75, 3.05) is 24.3 Å². The van der Waals surface area contributed by atoms with E-state index in [-0.39, 0.29) is 45.9 Å². The van der Waals surface area contributed by atoms with Crippen LogP contribution in [0.5, 0.6) is 5.75 Å². The number of carbonyl (C=O) groups is 3. The zero-order valence-corrected chi connectivity index (χ0v) is 24.7. The third-order valence-electron chi connectivity index (χ3n) is 9.09. The second-order valence-electron chi connectivity index (χ2n) is 11.6. The van der Waals surface area contributed by atoms with Crippen molar-refractivity contribution in [3.8, 4) is 5.75 Å². The van der Waals surface area contributed by atoms with Crippen molar-refractivity contribution in [3.05, 3.63) is 82.4 Å². The number of esters is 1. The van der Waals surface area contributed by atoms with Gasteiger partial charge in [0.2, 0.25) is 0 Å². The lowest BCUT2D eigenvalue weighted by molar-refractivity contribution is -0.0665. The van der Waals surface area contributed by atoms with Gasteiger partial charge in [-0.2, -0.15) is 0 Å². The number of carbonyl (C=O) groups excluding carboxylic acids is 3. The largest absolute Gasteiger partial charge is 0.494 e. The molecular formula is C35H38N2O6. The first-order valence-electron chi connectivity index (χ1n) is 15.4. The molecule has 3 aromatic rings. The van der Waals surface area contributed by atoms with Crippen molar-refractivity contribution in [2.24, 2.45) is 11.8 Å². The van der Waals surface area contributed by atoms with Gasteiger partial charge >= 0.3 is 5.97 Å². The van der Waals surface area contributed by atoms with Crippen molar-refractivity contribution in [3.63, 3.8) is 0 Å². The van der Waals surface area contributed by atoms with Crippen LogP contribution in [-0.2, 0) is 9.47 Å². The number of nitrogen functional groups attached to an aromatic ring is 1. The maximum atomic E-state index is 13.8. The van der Waals surface area contributed by atoms with E-state index in [1.807, 2.05) is 38.1 Å². The van der Waals surface area contributed by atoms with E-state index in [1.54, 1.807) is 30.3 Å². The Kier molecular flexibility index (Phi) is 8.21. The second kappa shape index (κ2) is 12.2. The lowest BCUT2D eigenvalue weighted by Gasteiger charge is -2.43. The first-order valence-corrected chi connectivity index (χ1v) is 15.4. The van der Waals surface area contributed by atoms with Gasteiger partial charge < -0.3 is 25.3 Å². The third-order valence-corrected chi connectivity index (χ3v) is 9.09. The first kappa shape index (κ1) is 28.9. The van der Waals surface area contributed by atoms with Gasteiger partial charge in [-0.15, -0.1) is 0 Å². The van der Waals surface area contributed by atoms with Gasteiger partial charge in [-0.05, 0) is 88.1 Å². The van der Waals surface area contributed by atoms with E-state index >= 15 is 0 Å². The zero-order valence-electron chi connectivity index (χ0n) is 24.7. The van der Waals surface area contributed by atoms with Crippen molar-refractivity contribution in [1.29, 1.82) is 0 Å². The second-order valence-corrected chi connectivity index (χ2v) is 11.6. The van der Waals surface area contributed by atoms with E-state index in [4.69, 9.17) is 19.9 Å². The lowest BCUT2D eigenvalue weighted by Crippen LogP contribution is -2.41. The van der Waals surface area contributed by atoms with Gasteiger partial charge in [0, 0.05) is 23.4 Å². The smallest absolute Gasteiger partial charge is 0.340 e. The van der Waals surface area contributed by atoms with Crippen LogP contribution in [-0.4, -0.2) is 43.0 Å². The summed E-state index contributed by atoms with van der Waals surface area (Å²) in [5.41, 5.74) is 8.33. The molecule has 3 aliphatic carbocycles. The SMILES string of the molecule is CCOc1ccc(Nc2cc(C(=O)OC3CCC4C(CCCC4OCC)C3)c(N)c3c2C(=O)c2ccccc2C3=O)cc1. The molecule has 0 heterocycles. The van der Waals surface area contributed by atoms with Crippen molar-refractivity contribution in [1.82, 2.24) is 0 Å². The van der Waals surface area contributed by atoms with E-state index in [0.717, 1.165) is 38.5 Å². The Bertz CT molecular complexity index is 1550. The molecule has 0 aliphatic heterocycles. The van der Waals surface area contributed by atoms with Crippen LogP contribution in [0.25, 0.3) is 0 Å². The molecule has 3 N–H and O–H groups in total. The molecule has 0 radical (unpaired) electrons. The van der Waals surface area contributed by atoms with Crippen LogP contribution in [0.1, 0.15) is 94.6 Å². The minimum absolute atomic E-state index is 0.0298. The normalized spacial score (nSPS) is 22.7. The van der Waals surface area contributed by atoms with E-state index in [2.05, 4.69) is 5.32 Å². The van der Waals surface area contributed by atoms with E-state index in [9.17, 15) is 14.4 Å². The molecule has 2 saturated carbocycles. The number of hydrogen-bond acceptors (Lipinski definition) is 8. The van der Waals surface area contributed by atoms with Crippen LogP contribution in [0, 0.1) is 11.8 Å². The van der Waals surface area contributed by atoms with Crippen LogP contribution in [0.3, 0.4) is 0 Å². The first-order chi connectivity index (χ1) is 20.9. The molecule has 224 valence electrons. The molecule has 0 spiro atoms. The molecule has 4 atom stereocenters. The van der Waals surface area contributed by atoms with Crippen LogP contribution in [0.4, 0.5) is 17.1 Å². The summed E-state index contributed by atoms with van der Waals surface area (Å²) >= 11 is 0. The average Bonchev–Trinajstić information content (AvgIpc) is 3.01. The molecule has 0 bridgehead atoms. The summed E-state index contributed by atoms with van der Waals surface area (Å²) in [5.74, 6) is 0.338. The highest BCUT2D eigenvalue weighted by atomic mass is 16.5. The summed E-state index contributed by atoms with van der Waals surface area (Å²) in [7, 11) is 0. The van der Waals surface area contributed by atoms with Crippen molar-refractivity contribution >= 4 is 34.6 Å². The molecule has 0 aromatic heterocycles. The predicted molar refractivity (Wildman–Crippen MR) is 164 cm³/mol. The summed E-state index contributed by atoms with van der Waals surface area (Å²) in [6, 6.07) is 15.5. The number of benzene rings is 3. The molecule has 6 rings (SSSR count). The highest BCUT2D eigenvalue weighted by molar-refractivity contribution is 6.32. The number of nitrogens with two attached hydrogens (primary N) is 1. The Hall–Kier alpha value is -4.17. The number of fused-ring (bicyclic) bond motifs is 3. The molecular weight excluding hydrogens is 544 g/mol. The zero-order chi connectivity index (χ0) is 30.1. The molecule has 2 fully saturated rings. The maximum Gasteiger partial charge on any atom is 0.340 e. The minimum Gasteiger partial charge on any atom is -0.494 e. The van der Waals surface area contributed by atoms with E-state index < -0.39 is 11.8 Å². The Morgan fingerprint density at radius 2 is 1.63 bits per heavy atom. The third kappa shape index (κ3) is 5.52. The maximum absolute atomic E-state index is 13.8. The summed E-state index contributed by atoms with van der Waals surface area (Å²) in [5, 5.41) is 3.26. The van der Waals surface area contributed by atoms with Gasteiger partial charge in [-0.1, -0.05) is 30.7 Å². The fourth-order valence-corrected chi connectivity index (χ4v) is 7.15. The topological polar surface area (TPSA) is 117 Å². The van der Waals surface area contributed by atoms with Crippen molar-refractivity contribution in [2.45, 2.75) is 64.6 Å². The minimum atomic E-state index is -0.588. The molecule has 0 amide bonds. The molecule has 8 heteroatoms. The van der Waals surface area contributed by atoms with E-state index in [1.165, 1.54) is 0 Å². The highest BCUT2D eigenvalue weighted by Crippen LogP contribution is 2.44. The van der Waals surface area contributed by atoms with E-state index in [0.29, 0.717) is 47.7 Å². The van der Waals surface area contributed by atoms with Crippen LogP contribution in [0.2, 0.25) is 0 Å². The summed E-state index contributed by atoms with van der Waals surface area (Å²) in [6.45, 7) is 5.19. The van der Waals surface area contributed by atoms with Gasteiger partial charge in [-0.3, -0.25) is 9.59 Å². The molecule has 3 aliphatic rings. The average molecular weight is 583 g/mol. The molecule has 4 unspecified atom stereocenters. The van der Waals surface area contributed by atoms with Gasteiger partial charge in [0.1, 0.15) is 11.9 Å². The van der Waals surface area contributed by atoms with Crippen LogP contribution in [0.15, 0.2) is 54.6 Å². The molecule has 0 saturated heterocycles. The highest BCUT2D eigenvalue weighted by Gasteiger charge is 2.40. The number of hydrogen-bond donors (Lipinski definition) is 2. The number of anilines is 3. The van der Waals surface area contributed by atoms with Gasteiger partial charge in [0.25, 0.3) is 0 Å². The van der Waals surface area contributed by atoms with Crippen LogP contribution < -0.4 is 15.8 Å². The van der Waals surface area contributed by atoms with Gasteiger partial charge in [0.15, 0.2) is 11.6 Å². The summed E-state index contributed by atoms with van der Waals surface area (Å²) < 4.78 is 17.7. The standard InChI is InChI=1S/C35H38N2O6/c1-3-41-22-14-12-21(13-15-22)37-28-19-27(32(36)31-30(28)33(38)25-9-5-6-10-26(25)34(31)39)35(40)43-23-16-17-24-20(18-23)8-7-11-29(24)42-4-2/h5-6,9-10,12-15,19-20,23-24,29,37H,3-4,7-8,11,16-18,36H2,1-2H3. The summed E-state index contributed by atoms with van der Waals surface area (Å²) in [4.78, 5) is 41.3. The fourth-order valence-electron chi connectivity index (χ4n) is 7.15. The number of ether oxygens (including phenoxy) is 3. The Labute approximate surface area is 251 Å². The van der Waals surface area contributed by atoms with Crippen molar-refractivity contribution < 1.29 is 28.6 Å². The van der Waals surface area contributed by atoms with Crippen LogP contribution >= 0.6 is 0 Å². The quantitative estimate of drug-likeness (QED) is 0.174. The fraction of sp³-hybridized carbons (Fsp3) is 0.400. The molecule has 43 heavy (non-hydrogen) atoms. The molecule has 3 aromatic carbocycles. The Balaban J connectivity index is 1.32. The monoisotopic (exact) mass is 582 g/mol. The van der Waals surface area contributed by atoms with Gasteiger partial charge in [-0.25, -0.2) is 4.79 Å².